The van der Waals surface area contributed by atoms with Gasteiger partial charge in [-0.2, -0.15) is 13.2 Å². The molecule has 1 amide bonds. The van der Waals surface area contributed by atoms with Gasteiger partial charge in [0.25, 0.3) is 5.56 Å². The number of thioether (sulfide) groups is 1. The van der Waals surface area contributed by atoms with Gasteiger partial charge in [-0.05, 0) is 63.2 Å². The number of amides is 1. The van der Waals surface area contributed by atoms with E-state index in [4.69, 9.17) is 0 Å². The molecule has 0 bridgehead atoms. The first-order valence-electron chi connectivity index (χ1n) is 11.6. The van der Waals surface area contributed by atoms with Crippen molar-refractivity contribution >= 4 is 28.6 Å². The second-order valence-electron chi connectivity index (χ2n) is 8.55. The molecule has 35 heavy (non-hydrogen) atoms. The highest BCUT2D eigenvalue weighted by molar-refractivity contribution is 8.00. The van der Waals surface area contributed by atoms with E-state index in [2.05, 4.69) is 15.2 Å². The van der Waals surface area contributed by atoms with E-state index in [1.165, 1.54) is 31.4 Å². The zero-order chi connectivity index (χ0) is 25.0. The lowest BCUT2D eigenvalue weighted by molar-refractivity contribution is -0.137. The SMILES string of the molecule is CC(Sc1nc2ccccc2c(=O)n1-c1cccc(C(F)(F)F)c1)C(=O)NCCN1CCCCC1. The Morgan fingerprint density at radius 2 is 1.86 bits per heavy atom. The molecule has 1 saturated heterocycles. The molecule has 1 aromatic heterocycles. The van der Waals surface area contributed by atoms with Crippen LogP contribution in [0.3, 0.4) is 0 Å². The maximum Gasteiger partial charge on any atom is 0.416 e. The Hall–Kier alpha value is -2.85. The molecule has 186 valence electrons. The molecule has 1 atom stereocenters. The number of piperidine rings is 1. The highest BCUT2D eigenvalue weighted by Crippen LogP contribution is 2.31. The first-order valence-corrected chi connectivity index (χ1v) is 12.5. The zero-order valence-corrected chi connectivity index (χ0v) is 20.2. The quantitative estimate of drug-likeness (QED) is 0.380. The van der Waals surface area contributed by atoms with Gasteiger partial charge in [0, 0.05) is 13.1 Å². The Bertz CT molecular complexity index is 1260. The molecule has 0 saturated carbocycles. The lowest BCUT2D eigenvalue weighted by atomic mass is 10.1. The summed E-state index contributed by atoms with van der Waals surface area (Å²) in [6.07, 6.45) is -0.983. The summed E-state index contributed by atoms with van der Waals surface area (Å²) in [5.74, 6) is -0.218. The third-order valence-corrected chi connectivity index (χ3v) is 7.06. The van der Waals surface area contributed by atoms with E-state index in [0.29, 0.717) is 12.1 Å². The number of alkyl halides is 3. The minimum absolute atomic E-state index is 0.0447. The molecule has 0 spiro atoms. The van der Waals surface area contributed by atoms with E-state index in [1.807, 2.05) is 0 Å². The number of likely N-dealkylation sites (tertiary alicyclic amines) is 1. The fourth-order valence-corrected chi connectivity index (χ4v) is 5.07. The minimum Gasteiger partial charge on any atom is -0.354 e. The van der Waals surface area contributed by atoms with Crippen molar-refractivity contribution in [2.75, 3.05) is 26.2 Å². The number of para-hydroxylation sites is 1. The highest BCUT2D eigenvalue weighted by atomic mass is 32.2. The summed E-state index contributed by atoms with van der Waals surface area (Å²) >= 11 is 1.05. The van der Waals surface area contributed by atoms with Crippen molar-refractivity contribution in [3.05, 3.63) is 64.4 Å². The normalized spacial score (nSPS) is 15.8. The fraction of sp³-hybridized carbons (Fsp3) is 0.400. The average Bonchev–Trinajstić information content (AvgIpc) is 2.84. The number of aromatic nitrogens is 2. The van der Waals surface area contributed by atoms with Gasteiger partial charge in [0.2, 0.25) is 5.91 Å². The second kappa shape index (κ2) is 10.8. The molecule has 4 rings (SSSR count). The van der Waals surface area contributed by atoms with Gasteiger partial charge in [0.05, 0.1) is 27.4 Å². The second-order valence-corrected chi connectivity index (χ2v) is 9.86. The van der Waals surface area contributed by atoms with Crippen molar-refractivity contribution in [3.63, 3.8) is 0 Å². The van der Waals surface area contributed by atoms with E-state index >= 15 is 0 Å². The molecule has 10 heteroatoms. The number of hydrogen-bond donors (Lipinski definition) is 1. The molecule has 2 aromatic carbocycles. The van der Waals surface area contributed by atoms with Crippen LogP contribution in [0.5, 0.6) is 0 Å². The van der Waals surface area contributed by atoms with Gasteiger partial charge in [-0.1, -0.05) is 36.4 Å². The number of nitrogens with one attached hydrogen (secondary N) is 1. The summed E-state index contributed by atoms with van der Waals surface area (Å²) < 4.78 is 41.2. The monoisotopic (exact) mass is 504 g/mol. The van der Waals surface area contributed by atoms with Crippen LogP contribution >= 0.6 is 11.8 Å². The van der Waals surface area contributed by atoms with Crippen molar-refractivity contribution in [3.8, 4) is 5.69 Å². The molecule has 1 fully saturated rings. The molecule has 0 aliphatic carbocycles. The Balaban J connectivity index is 1.60. The van der Waals surface area contributed by atoms with Crippen molar-refractivity contribution in [1.82, 2.24) is 19.8 Å². The molecule has 3 aromatic rings. The topological polar surface area (TPSA) is 67.2 Å². The largest absolute Gasteiger partial charge is 0.416 e. The van der Waals surface area contributed by atoms with Crippen LogP contribution in [-0.4, -0.2) is 51.8 Å². The smallest absolute Gasteiger partial charge is 0.354 e. The van der Waals surface area contributed by atoms with Crippen LogP contribution < -0.4 is 10.9 Å². The maximum atomic E-state index is 13.3. The number of hydrogen-bond acceptors (Lipinski definition) is 5. The van der Waals surface area contributed by atoms with Gasteiger partial charge in [-0.25, -0.2) is 4.98 Å². The van der Waals surface area contributed by atoms with E-state index in [1.54, 1.807) is 31.2 Å². The van der Waals surface area contributed by atoms with Crippen molar-refractivity contribution < 1.29 is 18.0 Å². The molecule has 1 unspecified atom stereocenters. The van der Waals surface area contributed by atoms with Crippen LogP contribution in [0.2, 0.25) is 0 Å². The van der Waals surface area contributed by atoms with Gasteiger partial charge in [0.1, 0.15) is 0 Å². The van der Waals surface area contributed by atoms with Gasteiger partial charge >= 0.3 is 6.18 Å². The molecule has 2 heterocycles. The van der Waals surface area contributed by atoms with E-state index in [0.717, 1.165) is 48.1 Å². The highest BCUT2D eigenvalue weighted by Gasteiger charge is 2.31. The van der Waals surface area contributed by atoms with Gasteiger partial charge in [0.15, 0.2) is 5.16 Å². The fourth-order valence-electron chi connectivity index (χ4n) is 4.12. The molecular formula is C25H27F3N4O2S. The van der Waals surface area contributed by atoms with E-state index < -0.39 is 22.5 Å². The van der Waals surface area contributed by atoms with Crippen molar-refractivity contribution in [2.24, 2.45) is 0 Å². The molecule has 6 nitrogen and oxygen atoms in total. The first kappa shape index (κ1) is 25.2. The van der Waals surface area contributed by atoms with E-state index in [-0.39, 0.29) is 22.1 Å². The molecule has 1 aliphatic heterocycles. The Morgan fingerprint density at radius 3 is 2.60 bits per heavy atom. The van der Waals surface area contributed by atoms with Gasteiger partial charge < -0.3 is 10.2 Å². The van der Waals surface area contributed by atoms with Crippen molar-refractivity contribution in [1.29, 1.82) is 0 Å². The van der Waals surface area contributed by atoms with Crippen LogP contribution in [-0.2, 0) is 11.0 Å². The Morgan fingerprint density at radius 1 is 1.11 bits per heavy atom. The summed E-state index contributed by atoms with van der Waals surface area (Å²) in [5.41, 5.74) is -0.895. The average molecular weight is 505 g/mol. The van der Waals surface area contributed by atoms with Crippen LogP contribution in [0.15, 0.2) is 58.5 Å². The number of nitrogens with zero attached hydrogens (tertiary/aromatic N) is 3. The number of rotatable bonds is 7. The maximum absolute atomic E-state index is 13.3. The summed E-state index contributed by atoms with van der Waals surface area (Å²) in [5, 5.41) is 2.76. The Kier molecular flexibility index (Phi) is 7.81. The third-order valence-electron chi connectivity index (χ3n) is 6.00. The van der Waals surface area contributed by atoms with E-state index in [9.17, 15) is 22.8 Å². The van der Waals surface area contributed by atoms with Crippen LogP contribution in [0, 0.1) is 0 Å². The molecule has 0 radical (unpaired) electrons. The predicted molar refractivity (Wildman–Crippen MR) is 131 cm³/mol. The van der Waals surface area contributed by atoms with Gasteiger partial charge in [-0.3, -0.25) is 14.2 Å². The number of halogens is 3. The van der Waals surface area contributed by atoms with Crippen molar-refractivity contribution in [2.45, 2.75) is 42.8 Å². The number of fused-ring (bicyclic) bond motifs is 1. The zero-order valence-electron chi connectivity index (χ0n) is 19.3. The van der Waals surface area contributed by atoms with Crippen LogP contribution in [0.4, 0.5) is 13.2 Å². The number of benzene rings is 2. The minimum atomic E-state index is -4.56. The standard InChI is InChI=1S/C25H27F3N4O2S/c1-17(22(33)29-12-15-31-13-5-2-6-14-31)35-24-30-21-11-4-3-10-20(21)23(34)32(24)19-9-7-8-18(16-19)25(26,27)28/h3-4,7-11,16-17H,2,5-6,12-15H2,1H3,(H,29,33). The molecule has 1 N–H and O–H groups in total. The molecule has 1 aliphatic rings. The summed E-state index contributed by atoms with van der Waals surface area (Å²) in [6.45, 7) is 5.04. The number of carbonyl (C=O) groups excluding carboxylic acids is 1. The predicted octanol–water partition coefficient (Wildman–Crippen LogP) is 4.49. The summed E-state index contributed by atoms with van der Waals surface area (Å²) in [4.78, 5) is 32.9. The van der Waals surface area contributed by atoms with Crippen LogP contribution in [0.25, 0.3) is 16.6 Å². The third kappa shape index (κ3) is 6.05. The number of carbonyl (C=O) groups is 1. The Labute approximate surface area is 205 Å². The summed E-state index contributed by atoms with van der Waals surface area (Å²) in [7, 11) is 0. The van der Waals surface area contributed by atoms with Gasteiger partial charge in [-0.15, -0.1) is 0 Å². The first-order chi connectivity index (χ1) is 16.7. The lowest BCUT2D eigenvalue weighted by Crippen LogP contribution is -2.40. The van der Waals surface area contributed by atoms with Crippen LogP contribution in [0.1, 0.15) is 31.7 Å². The summed E-state index contributed by atoms with van der Waals surface area (Å²) in [6, 6.07) is 11.2. The molecular weight excluding hydrogens is 477 g/mol. The lowest BCUT2D eigenvalue weighted by Gasteiger charge is -2.26.